The van der Waals surface area contributed by atoms with Crippen LogP contribution in [0.2, 0.25) is 0 Å². The summed E-state index contributed by atoms with van der Waals surface area (Å²) in [6, 6.07) is 6.39. The van der Waals surface area contributed by atoms with E-state index in [1.54, 1.807) is 12.1 Å². The number of hydrogen-bond donors (Lipinski definition) is 4. The van der Waals surface area contributed by atoms with Crippen molar-refractivity contribution in [2.45, 2.75) is 19.3 Å². The van der Waals surface area contributed by atoms with Gasteiger partial charge in [-0.2, -0.15) is 0 Å². The Hall–Kier alpha value is -2.56. The van der Waals surface area contributed by atoms with E-state index in [2.05, 4.69) is 0 Å². The number of phenolic OH excluding ortho intramolecular Hbond substituents is 2. The van der Waals surface area contributed by atoms with Crippen LogP contribution >= 0.6 is 0 Å². The minimum absolute atomic E-state index is 0.0253. The smallest absolute Gasteiger partial charge is 0.142 e. The summed E-state index contributed by atoms with van der Waals surface area (Å²) in [6.45, 7) is 4.03. The van der Waals surface area contributed by atoms with Crippen molar-refractivity contribution in [3.63, 3.8) is 0 Å². The van der Waals surface area contributed by atoms with Crippen LogP contribution < -0.4 is 16.2 Å². The SMILES string of the molecule is CC1(C)c2cc(N)c(O)cc2Oc2cc(O)c(N)cc21. The number of phenols is 2. The van der Waals surface area contributed by atoms with Gasteiger partial charge in [-0.15, -0.1) is 0 Å². The molecule has 0 atom stereocenters. The van der Waals surface area contributed by atoms with Gasteiger partial charge in [0, 0.05) is 28.7 Å². The van der Waals surface area contributed by atoms with Gasteiger partial charge in [0.2, 0.25) is 0 Å². The molecule has 0 saturated heterocycles. The number of hydrogen-bond acceptors (Lipinski definition) is 5. The molecule has 0 spiro atoms. The Balaban J connectivity index is 2.28. The topological polar surface area (TPSA) is 102 Å². The normalized spacial score (nSPS) is 15.1. The molecule has 0 amide bonds. The Morgan fingerprint density at radius 3 is 1.65 bits per heavy atom. The van der Waals surface area contributed by atoms with Crippen molar-refractivity contribution < 1.29 is 14.9 Å². The number of fused-ring (bicyclic) bond motifs is 2. The number of benzene rings is 2. The van der Waals surface area contributed by atoms with Crippen LogP contribution in [-0.4, -0.2) is 10.2 Å². The van der Waals surface area contributed by atoms with Crippen LogP contribution in [-0.2, 0) is 5.41 Å². The summed E-state index contributed by atoms with van der Waals surface area (Å²) in [5.74, 6) is 1.00. The Bertz CT molecular complexity index is 664. The van der Waals surface area contributed by atoms with Gasteiger partial charge in [0.1, 0.15) is 23.0 Å². The molecular weight excluding hydrogens is 256 g/mol. The predicted molar refractivity (Wildman–Crippen MR) is 77.2 cm³/mol. The molecule has 1 heterocycles. The molecule has 2 aromatic rings. The van der Waals surface area contributed by atoms with Crippen LogP contribution in [0, 0.1) is 0 Å². The first-order valence-electron chi connectivity index (χ1n) is 6.24. The highest BCUT2D eigenvalue weighted by atomic mass is 16.5. The van der Waals surface area contributed by atoms with Gasteiger partial charge < -0.3 is 26.4 Å². The van der Waals surface area contributed by atoms with Crippen LogP contribution in [0.5, 0.6) is 23.0 Å². The molecule has 0 aliphatic carbocycles. The Labute approximate surface area is 116 Å². The second kappa shape index (κ2) is 3.72. The van der Waals surface area contributed by atoms with Crippen molar-refractivity contribution in [1.29, 1.82) is 0 Å². The molecule has 5 heteroatoms. The van der Waals surface area contributed by atoms with Gasteiger partial charge in [-0.25, -0.2) is 0 Å². The van der Waals surface area contributed by atoms with Crippen molar-refractivity contribution in [3.05, 3.63) is 35.4 Å². The second-order valence-electron chi connectivity index (χ2n) is 5.54. The Morgan fingerprint density at radius 2 is 1.25 bits per heavy atom. The molecule has 0 unspecified atom stereocenters. The summed E-state index contributed by atoms with van der Waals surface area (Å²) in [6.07, 6.45) is 0. The summed E-state index contributed by atoms with van der Waals surface area (Å²) >= 11 is 0. The first-order valence-corrected chi connectivity index (χ1v) is 6.24. The minimum Gasteiger partial charge on any atom is -0.506 e. The molecule has 5 nitrogen and oxygen atoms in total. The van der Waals surface area contributed by atoms with E-state index in [0.717, 1.165) is 11.1 Å². The molecule has 0 bridgehead atoms. The van der Waals surface area contributed by atoms with E-state index >= 15 is 0 Å². The summed E-state index contributed by atoms with van der Waals surface area (Å²) in [5.41, 5.74) is 13.5. The Kier molecular flexibility index (Phi) is 2.32. The zero-order valence-corrected chi connectivity index (χ0v) is 11.3. The quantitative estimate of drug-likeness (QED) is 0.436. The van der Waals surface area contributed by atoms with Crippen LogP contribution in [0.1, 0.15) is 25.0 Å². The first-order chi connectivity index (χ1) is 9.30. The lowest BCUT2D eigenvalue weighted by Gasteiger charge is -2.35. The molecule has 1 aliphatic rings. The molecule has 3 rings (SSSR count). The predicted octanol–water partition coefficient (Wildman–Crippen LogP) is 2.69. The van der Waals surface area contributed by atoms with Gasteiger partial charge in [-0.1, -0.05) is 13.8 Å². The number of rotatable bonds is 0. The largest absolute Gasteiger partial charge is 0.506 e. The van der Waals surface area contributed by atoms with Gasteiger partial charge in [0.05, 0.1) is 11.4 Å². The lowest BCUT2D eigenvalue weighted by molar-refractivity contribution is 0.404. The van der Waals surface area contributed by atoms with E-state index < -0.39 is 5.41 Å². The van der Waals surface area contributed by atoms with Crippen molar-refractivity contribution >= 4 is 11.4 Å². The maximum atomic E-state index is 9.72. The van der Waals surface area contributed by atoms with E-state index in [1.165, 1.54) is 12.1 Å². The van der Waals surface area contributed by atoms with Crippen LogP contribution in [0.25, 0.3) is 0 Å². The second-order valence-corrected chi connectivity index (χ2v) is 5.54. The zero-order valence-electron chi connectivity index (χ0n) is 11.3. The number of nitrogen functional groups attached to an aromatic ring is 2. The van der Waals surface area contributed by atoms with E-state index in [9.17, 15) is 10.2 Å². The van der Waals surface area contributed by atoms with Gasteiger partial charge in [-0.05, 0) is 12.1 Å². The lowest BCUT2D eigenvalue weighted by Crippen LogP contribution is -2.24. The number of anilines is 2. The maximum Gasteiger partial charge on any atom is 0.142 e. The monoisotopic (exact) mass is 272 g/mol. The van der Waals surface area contributed by atoms with Crippen LogP contribution in [0.4, 0.5) is 11.4 Å². The highest BCUT2D eigenvalue weighted by Gasteiger charge is 2.35. The first kappa shape index (κ1) is 12.5. The molecule has 0 aromatic heterocycles. The minimum atomic E-state index is -0.396. The van der Waals surface area contributed by atoms with Crippen molar-refractivity contribution in [3.8, 4) is 23.0 Å². The van der Waals surface area contributed by atoms with Crippen molar-refractivity contribution in [2.75, 3.05) is 11.5 Å². The van der Waals surface area contributed by atoms with Crippen LogP contribution in [0.3, 0.4) is 0 Å². The fourth-order valence-corrected chi connectivity index (χ4v) is 2.58. The van der Waals surface area contributed by atoms with Gasteiger partial charge >= 0.3 is 0 Å². The van der Waals surface area contributed by atoms with E-state index in [0.29, 0.717) is 22.9 Å². The highest BCUT2D eigenvalue weighted by molar-refractivity contribution is 5.69. The summed E-state index contributed by atoms with van der Waals surface area (Å²) < 4.78 is 5.75. The van der Waals surface area contributed by atoms with Gasteiger partial charge in [-0.3, -0.25) is 0 Å². The number of aromatic hydroxyl groups is 2. The molecule has 1 aliphatic heterocycles. The Morgan fingerprint density at radius 1 is 0.850 bits per heavy atom. The fraction of sp³-hybridized carbons (Fsp3) is 0.200. The standard InChI is InChI=1S/C15H16N2O3/c1-15(2)7-3-9(16)11(18)5-13(7)20-14-6-12(19)10(17)4-8(14)15/h3-6,18-19H,16-17H2,1-2H3. The third-order valence-corrected chi connectivity index (χ3v) is 3.82. The molecule has 2 aromatic carbocycles. The summed E-state index contributed by atoms with van der Waals surface area (Å²) in [4.78, 5) is 0. The van der Waals surface area contributed by atoms with Gasteiger partial charge in [0.25, 0.3) is 0 Å². The van der Waals surface area contributed by atoms with Crippen molar-refractivity contribution in [2.24, 2.45) is 0 Å². The average molecular weight is 272 g/mol. The number of ether oxygens (including phenoxy) is 1. The third kappa shape index (κ3) is 1.56. The molecule has 0 fully saturated rings. The molecule has 104 valence electrons. The molecular formula is C15H16N2O3. The van der Waals surface area contributed by atoms with Gasteiger partial charge in [0.15, 0.2) is 0 Å². The summed E-state index contributed by atoms with van der Waals surface area (Å²) in [5, 5.41) is 19.4. The lowest BCUT2D eigenvalue weighted by atomic mass is 9.75. The van der Waals surface area contributed by atoms with E-state index in [-0.39, 0.29) is 11.5 Å². The third-order valence-electron chi connectivity index (χ3n) is 3.82. The highest BCUT2D eigenvalue weighted by Crippen LogP contribution is 2.51. The molecule has 0 radical (unpaired) electrons. The van der Waals surface area contributed by atoms with E-state index in [1.807, 2.05) is 13.8 Å². The summed E-state index contributed by atoms with van der Waals surface area (Å²) in [7, 11) is 0. The number of nitrogens with two attached hydrogens (primary N) is 2. The fourth-order valence-electron chi connectivity index (χ4n) is 2.58. The molecule has 0 saturated carbocycles. The maximum absolute atomic E-state index is 9.72. The zero-order chi connectivity index (χ0) is 14.7. The van der Waals surface area contributed by atoms with Crippen molar-refractivity contribution in [1.82, 2.24) is 0 Å². The molecule has 20 heavy (non-hydrogen) atoms. The van der Waals surface area contributed by atoms with E-state index in [4.69, 9.17) is 16.2 Å². The average Bonchev–Trinajstić information content (AvgIpc) is 2.35. The molecule has 6 N–H and O–H groups in total. The van der Waals surface area contributed by atoms with Crippen LogP contribution in [0.15, 0.2) is 24.3 Å².